The van der Waals surface area contributed by atoms with Gasteiger partial charge in [0.1, 0.15) is 0 Å². The van der Waals surface area contributed by atoms with E-state index in [0.29, 0.717) is 29.5 Å². The van der Waals surface area contributed by atoms with Crippen molar-refractivity contribution in [3.8, 4) is 0 Å². The van der Waals surface area contributed by atoms with Crippen LogP contribution in [0, 0.1) is 19.8 Å². The van der Waals surface area contributed by atoms with E-state index in [1.54, 1.807) is 21.1 Å². The Morgan fingerprint density at radius 1 is 0.971 bits per heavy atom. The predicted octanol–water partition coefficient (Wildman–Crippen LogP) is 4.39. The first-order chi connectivity index (χ1) is 16.7. The van der Waals surface area contributed by atoms with Gasteiger partial charge in [0.2, 0.25) is 10.0 Å². The van der Waals surface area contributed by atoms with E-state index in [4.69, 9.17) is 0 Å². The van der Waals surface area contributed by atoms with E-state index in [2.05, 4.69) is 24.2 Å². The van der Waals surface area contributed by atoms with Gasteiger partial charge in [0, 0.05) is 32.4 Å². The Morgan fingerprint density at radius 3 is 2.40 bits per heavy atom. The largest absolute Gasteiger partial charge is 0.339 e. The number of carbonyl (C=O) groups excluding carboxylic acids is 1. The molecule has 35 heavy (non-hydrogen) atoms. The summed E-state index contributed by atoms with van der Waals surface area (Å²) in [5.41, 5.74) is 4.35. The fourth-order valence-electron chi connectivity index (χ4n) is 5.35. The molecule has 5 rings (SSSR count). The van der Waals surface area contributed by atoms with Crippen LogP contribution >= 0.6 is 0 Å². The molecule has 3 aromatic rings. The Morgan fingerprint density at radius 2 is 1.69 bits per heavy atom. The van der Waals surface area contributed by atoms with Crippen LogP contribution in [0.1, 0.15) is 65.6 Å². The molecule has 186 valence electrons. The van der Waals surface area contributed by atoms with Crippen LogP contribution in [0.2, 0.25) is 0 Å². The number of amides is 1. The zero-order valence-corrected chi connectivity index (χ0v) is 21.6. The summed E-state index contributed by atoms with van der Waals surface area (Å²) in [6.45, 7) is 8.58. The maximum atomic E-state index is 13.3. The van der Waals surface area contributed by atoms with Crippen LogP contribution in [0.3, 0.4) is 0 Å². The molecule has 0 bridgehead atoms. The van der Waals surface area contributed by atoms with Crippen LogP contribution in [-0.4, -0.2) is 59.3 Å². The van der Waals surface area contributed by atoms with Gasteiger partial charge in [-0.15, -0.1) is 0 Å². The molecule has 2 fully saturated rings. The van der Waals surface area contributed by atoms with Gasteiger partial charge >= 0.3 is 0 Å². The van der Waals surface area contributed by atoms with E-state index >= 15 is 0 Å². The molecule has 2 aliphatic heterocycles. The van der Waals surface area contributed by atoms with Crippen molar-refractivity contribution in [1.82, 2.24) is 18.8 Å². The van der Waals surface area contributed by atoms with Gasteiger partial charge in [-0.2, -0.15) is 9.40 Å². The van der Waals surface area contributed by atoms with Crippen LogP contribution in [0.15, 0.2) is 47.6 Å². The van der Waals surface area contributed by atoms with Crippen molar-refractivity contribution in [2.24, 2.45) is 5.92 Å². The topological polar surface area (TPSA) is 75.0 Å². The van der Waals surface area contributed by atoms with Crippen molar-refractivity contribution in [3.63, 3.8) is 0 Å². The van der Waals surface area contributed by atoms with Gasteiger partial charge in [-0.1, -0.05) is 19.1 Å². The average Bonchev–Trinajstić information content (AvgIpc) is 3.29. The smallest absolute Gasteiger partial charge is 0.257 e. The van der Waals surface area contributed by atoms with Crippen molar-refractivity contribution >= 4 is 21.4 Å². The van der Waals surface area contributed by atoms with Crippen LogP contribution < -0.4 is 0 Å². The van der Waals surface area contributed by atoms with Crippen LogP contribution in [0.25, 0.3) is 5.52 Å². The molecule has 2 aromatic heterocycles. The number of likely N-dealkylation sites (tertiary alicyclic amines) is 1. The number of sulfonamides is 1. The number of fused-ring (bicyclic) bond motifs is 1. The molecule has 7 nitrogen and oxygen atoms in total. The SMILES string of the molecule is Cc1ccc(C)c(S(=O)(=O)N2CCC(c3ccn4ncc(C(=O)N5CCC(C)CC5)c4c3)CC2)c1. The summed E-state index contributed by atoms with van der Waals surface area (Å²) in [4.78, 5) is 15.6. The summed E-state index contributed by atoms with van der Waals surface area (Å²) < 4.78 is 30.0. The highest BCUT2D eigenvalue weighted by atomic mass is 32.2. The van der Waals surface area contributed by atoms with Crippen LogP contribution in [0.4, 0.5) is 0 Å². The summed E-state index contributed by atoms with van der Waals surface area (Å²) in [5, 5.41) is 4.41. The number of carbonyl (C=O) groups is 1. The Labute approximate surface area is 207 Å². The normalized spacial score (nSPS) is 18.9. The highest BCUT2D eigenvalue weighted by Gasteiger charge is 2.31. The molecule has 1 aromatic carbocycles. The van der Waals surface area contributed by atoms with E-state index < -0.39 is 10.0 Å². The van der Waals surface area contributed by atoms with Crippen LogP contribution in [0.5, 0.6) is 0 Å². The number of piperidine rings is 2. The van der Waals surface area contributed by atoms with Gasteiger partial charge < -0.3 is 4.90 Å². The molecular formula is C27H34N4O3S. The number of aromatic nitrogens is 2. The van der Waals surface area contributed by atoms with Gasteiger partial charge in [0.25, 0.3) is 5.91 Å². The molecule has 4 heterocycles. The van der Waals surface area contributed by atoms with E-state index in [1.807, 2.05) is 37.1 Å². The van der Waals surface area contributed by atoms with Gasteiger partial charge in [0.15, 0.2) is 0 Å². The van der Waals surface area contributed by atoms with Crippen molar-refractivity contribution in [1.29, 1.82) is 0 Å². The van der Waals surface area contributed by atoms with Crippen molar-refractivity contribution in [3.05, 3.63) is 65.0 Å². The zero-order chi connectivity index (χ0) is 24.7. The summed E-state index contributed by atoms with van der Waals surface area (Å²) in [5.74, 6) is 0.969. The zero-order valence-electron chi connectivity index (χ0n) is 20.8. The minimum atomic E-state index is -3.51. The van der Waals surface area contributed by atoms with Crippen molar-refractivity contribution in [2.45, 2.75) is 57.3 Å². The van der Waals surface area contributed by atoms with Crippen LogP contribution in [-0.2, 0) is 10.0 Å². The molecule has 0 spiro atoms. The van der Waals surface area contributed by atoms with E-state index in [1.165, 1.54) is 0 Å². The predicted molar refractivity (Wildman–Crippen MR) is 136 cm³/mol. The Hall–Kier alpha value is -2.71. The molecule has 2 saturated heterocycles. The lowest BCUT2D eigenvalue weighted by Gasteiger charge is -2.32. The van der Waals surface area contributed by atoms with Crippen molar-refractivity contribution in [2.75, 3.05) is 26.2 Å². The molecule has 8 heteroatoms. The fraction of sp³-hybridized carbons (Fsp3) is 0.481. The summed E-state index contributed by atoms with van der Waals surface area (Å²) in [6, 6.07) is 9.71. The average molecular weight is 495 g/mol. The molecule has 0 aliphatic carbocycles. The molecule has 0 saturated carbocycles. The third-order valence-electron chi connectivity index (χ3n) is 7.73. The second-order valence-electron chi connectivity index (χ2n) is 10.3. The first-order valence-electron chi connectivity index (χ1n) is 12.6. The van der Waals surface area contributed by atoms with Gasteiger partial charge in [0.05, 0.1) is 22.2 Å². The molecule has 2 aliphatic rings. The van der Waals surface area contributed by atoms with Gasteiger partial charge in [-0.05, 0) is 86.3 Å². The van der Waals surface area contributed by atoms with Gasteiger partial charge in [-0.25, -0.2) is 12.9 Å². The first-order valence-corrected chi connectivity index (χ1v) is 14.0. The quantitative estimate of drug-likeness (QED) is 0.539. The Balaban J connectivity index is 1.33. The molecule has 0 unspecified atom stereocenters. The Bertz CT molecular complexity index is 1350. The van der Waals surface area contributed by atoms with E-state index in [9.17, 15) is 13.2 Å². The number of hydrogen-bond donors (Lipinski definition) is 0. The third kappa shape index (κ3) is 4.61. The lowest BCUT2D eigenvalue weighted by Crippen LogP contribution is -2.38. The second kappa shape index (κ2) is 9.39. The monoisotopic (exact) mass is 494 g/mol. The number of aryl methyl sites for hydroxylation is 2. The number of rotatable bonds is 4. The summed E-state index contributed by atoms with van der Waals surface area (Å²) in [6.07, 6.45) is 7.18. The van der Waals surface area contributed by atoms with E-state index in [0.717, 1.165) is 61.0 Å². The number of pyridine rings is 1. The maximum Gasteiger partial charge on any atom is 0.257 e. The molecule has 0 radical (unpaired) electrons. The highest BCUT2D eigenvalue weighted by molar-refractivity contribution is 7.89. The summed E-state index contributed by atoms with van der Waals surface area (Å²) >= 11 is 0. The Kier molecular flexibility index (Phi) is 6.44. The minimum Gasteiger partial charge on any atom is -0.339 e. The van der Waals surface area contributed by atoms with Gasteiger partial charge in [-0.3, -0.25) is 4.79 Å². The molecule has 1 amide bonds. The maximum absolute atomic E-state index is 13.3. The minimum absolute atomic E-state index is 0.0542. The standard InChI is InChI=1S/C27H34N4O3S/c1-19-6-11-29(12-7-19)27(32)24-18-28-31-15-10-23(17-25(24)31)22-8-13-30(14-9-22)35(33,34)26-16-20(2)4-5-21(26)3/h4-5,10,15-19,22H,6-9,11-14H2,1-3H3. The summed E-state index contributed by atoms with van der Waals surface area (Å²) in [7, 11) is -3.51. The highest BCUT2D eigenvalue weighted by Crippen LogP contribution is 2.33. The van der Waals surface area contributed by atoms with Crippen molar-refractivity contribution < 1.29 is 13.2 Å². The molecule has 0 atom stereocenters. The molecular weight excluding hydrogens is 460 g/mol. The molecule has 0 N–H and O–H groups in total. The van der Waals surface area contributed by atoms with E-state index in [-0.39, 0.29) is 11.8 Å². The number of nitrogens with zero attached hydrogens (tertiary/aromatic N) is 4. The first kappa shape index (κ1) is 24.0. The fourth-order valence-corrected chi connectivity index (χ4v) is 7.13. The third-order valence-corrected chi connectivity index (χ3v) is 9.77. The number of benzene rings is 1. The number of hydrogen-bond acceptors (Lipinski definition) is 4. The lowest BCUT2D eigenvalue weighted by molar-refractivity contribution is 0.0699. The lowest BCUT2D eigenvalue weighted by atomic mass is 9.90. The second-order valence-corrected chi connectivity index (χ2v) is 12.2.